The third kappa shape index (κ3) is 2.72. The van der Waals surface area contributed by atoms with Crippen LogP contribution in [0.15, 0.2) is 36.9 Å². The fourth-order valence-corrected chi connectivity index (χ4v) is 1.22. The molecule has 0 heterocycles. The van der Waals surface area contributed by atoms with Crippen molar-refractivity contribution in [3.63, 3.8) is 0 Å². The molecular weight excluding hydrogens is 217 g/mol. The average Bonchev–Trinajstić information content (AvgIpc) is 2.26. The highest BCUT2D eigenvalue weighted by atomic mass is 19.4. The maximum atomic E-state index is 12.4. The van der Waals surface area contributed by atoms with E-state index in [-0.39, 0.29) is 11.3 Å². The highest BCUT2D eigenvalue weighted by Crippen LogP contribution is 2.29. The summed E-state index contributed by atoms with van der Waals surface area (Å²) < 4.78 is 37.1. The maximum Gasteiger partial charge on any atom is 0.416 e. The Balaban J connectivity index is 3.08. The number of hydrogen-bond acceptors (Lipinski definition) is 1. The Kier molecular flexibility index (Phi) is 3.52. The summed E-state index contributed by atoms with van der Waals surface area (Å²) in [6, 6.07) is 4.40. The van der Waals surface area contributed by atoms with Gasteiger partial charge in [-0.05, 0) is 12.1 Å². The molecule has 0 aliphatic heterocycles. The molecule has 0 fully saturated rings. The molecule has 86 valence electrons. The molecule has 1 nitrogen and oxygen atoms in total. The first kappa shape index (κ1) is 12.5. The van der Waals surface area contributed by atoms with Crippen LogP contribution in [0.2, 0.25) is 0 Å². The highest BCUT2D eigenvalue weighted by molar-refractivity contribution is 5.98. The molecule has 0 aliphatic rings. The van der Waals surface area contributed by atoms with Crippen LogP contribution in [0.4, 0.5) is 13.2 Å². The summed E-state index contributed by atoms with van der Waals surface area (Å²) in [5, 5.41) is 0. The third-order valence-electron chi connectivity index (χ3n) is 2.24. The van der Waals surface area contributed by atoms with Crippen molar-refractivity contribution >= 4 is 5.78 Å². The van der Waals surface area contributed by atoms with E-state index in [4.69, 9.17) is 0 Å². The van der Waals surface area contributed by atoms with Crippen LogP contribution in [0.5, 0.6) is 0 Å². The van der Waals surface area contributed by atoms with Crippen LogP contribution in [0.25, 0.3) is 0 Å². The van der Waals surface area contributed by atoms with Crippen molar-refractivity contribution in [3.05, 3.63) is 48.0 Å². The van der Waals surface area contributed by atoms with Gasteiger partial charge in [0, 0.05) is 11.5 Å². The predicted octanol–water partition coefficient (Wildman–Crippen LogP) is 3.71. The molecule has 0 aromatic heterocycles. The van der Waals surface area contributed by atoms with Crippen LogP contribution < -0.4 is 0 Å². The van der Waals surface area contributed by atoms with Crippen molar-refractivity contribution in [2.75, 3.05) is 0 Å². The molecule has 0 saturated carbocycles. The molecule has 0 aliphatic carbocycles. The maximum absolute atomic E-state index is 12.4. The number of carbonyl (C=O) groups is 1. The minimum Gasteiger partial charge on any atom is -0.294 e. The van der Waals surface area contributed by atoms with E-state index in [9.17, 15) is 18.0 Å². The highest BCUT2D eigenvalue weighted by Gasteiger charge is 2.31. The van der Waals surface area contributed by atoms with E-state index in [0.717, 1.165) is 12.1 Å². The van der Waals surface area contributed by atoms with E-state index in [1.165, 1.54) is 18.2 Å². The van der Waals surface area contributed by atoms with Gasteiger partial charge in [-0.1, -0.05) is 25.1 Å². The number of halogens is 3. The molecule has 0 radical (unpaired) electrons. The first-order valence-corrected chi connectivity index (χ1v) is 4.70. The van der Waals surface area contributed by atoms with Gasteiger partial charge in [0.1, 0.15) is 0 Å². The van der Waals surface area contributed by atoms with E-state index in [1.807, 2.05) is 0 Å². The van der Waals surface area contributed by atoms with Crippen LogP contribution in [-0.2, 0) is 6.18 Å². The molecule has 0 saturated heterocycles. The normalized spacial score (nSPS) is 13.2. The molecule has 0 N–H and O–H groups in total. The van der Waals surface area contributed by atoms with Gasteiger partial charge in [0.25, 0.3) is 0 Å². The van der Waals surface area contributed by atoms with E-state index < -0.39 is 17.7 Å². The Hall–Kier alpha value is -1.58. The summed E-state index contributed by atoms with van der Waals surface area (Å²) in [6.07, 6.45) is -3.02. The second kappa shape index (κ2) is 4.51. The number of alkyl halides is 3. The largest absolute Gasteiger partial charge is 0.416 e. The van der Waals surface area contributed by atoms with Gasteiger partial charge in [-0.2, -0.15) is 13.2 Å². The van der Waals surface area contributed by atoms with E-state index in [1.54, 1.807) is 6.92 Å². The Labute approximate surface area is 91.6 Å². The smallest absolute Gasteiger partial charge is 0.294 e. The van der Waals surface area contributed by atoms with Gasteiger partial charge in [0.15, 0.2) is 5.78 Å². The summed E-state index contributed by atoms with van der Waals surface area (Å²) in [4.78, 5) is 11.6. The molecule has 1 rings (SSSR count). The van der Waals surface area contributed by atoms with Crippen LogP contribution >= 0.6 is 0 Å². The minimum atomic E-state index is -4.42. The van der Waals surface area contributed by atoms with Gasteiger partial charge in [0.2, 0.25) is 0 Å². The van der Waals surface area contributed by atoms with Crippen LogP contribution in [-0.4, -0.2) is 5.78 Å². The molecule has 1 unspecified atom stereocenters. The molecular formula is C12H11F3O. The predicted molar refractivity (Wildman–Crippen MR) is 55.1 cm³/mol. The van der Waals surface area contributed by atoms with Gasteiger partial charge in [0.05, 0.1) is 5.56 Å². The lowest BCUT2D eigenvalue weighted by molar-refractivity contribution is -0.137. The number of carbonyl (C=O) groups excluding carboxylic acids is 1. The molecule has 0 amide bonds. The molecule has 1 aromatic carbocycles. The summed E-state index contributed by atoms with van der Waals surface area (Å²) in [7, 11) is 0. The van der Waals surface area contributed by atoms with Gasteiger partial charge in [-0.15, -0.1) is 6.58 Å². The van der Waals surface area contributed by atoms with Gasteiger partial charge in [-0.25, -0.2) is 0 Å². The fourth-order valence-electron chi connectivity index (χ4n) is 1.22. The van der Waals surface area contributed by atoms with Crippen molar-refractivity contribution in [2.24, 2.45) is 5.92 Å². The monoisotopic (exact) mass is 228 g/mol. The van der Waals surface area contributed by atoms with Crippen LogP contribution in [0.1, 0.15) is 22.8 Å². The fraction of sp³-hybridized carbons (Fsp3) is 0.250. The zero-order valence-electron chi connectivity index (χ0n) is 8.71. The first-order chi connectivity index (χ1) is 7.36. The summed E-state index contributed by atoms with van der Waals surface area (Å²) >= 11 is 0. The van der Waals surface area contributed by atoms with Crippen molar-refractivity contribution < 1.29 is 18.0 Å². The number of ketones is 1. The molecule has 0 spiro atoms. The Morgan fingerprint density at radius 2 is 2.06 bits per heavy atom. The van der Waals surface area contributed by atoms with Crippen molar-refractivity contribution in [1.29, 1.82) is 0 Å². The molecule has 0 bridgehead atoms. The zero-order valence-corrected chi connectivity index (χ0v) is 8.71. The third-order valence-corrected chi connectivity index (χ3v) is 2.24. The SMILES string of the molecule is C=CC(C)C(=O)c1cccc(C(F)(F)F)c1. The number of benzene rings is 1. The van der Waals surface area contributed by atoms with Crippen molar-refractivity contribution in [2.45, 2.75) is 13.1 Å². The Morgan fingerprint density at radius 1 is 1.44 bits per heavy atom. The second-order valence-electron chi connectivity index (χ2n) is 3.47. The second-order valence-corrected chi connectivity index (χ2v) is 3.47. The quantitative estimate of drug-likeness (QED) is 0.569. The van der Waals surface area contributed by atoms with Gasteiger partial charge in [-0.3, -0.25) is 4.79 Å². The van der Waals surface area contributed by atoms with E-state index >= 15 is 0 Å². The molecule has 1 aromatic rings. The molecule has 16 heavy (non-hydrogen) atoms. The summed E-state index contributed by atoms with van der Waals surface area (Å²) in [5.41, 5.74) is -0.753. The summed E-state index contributed by atoms with van der Waals surface area (Å²) in [5.74, 6) is -0.843. The number of Topliss-reactive ketones (excluding diaryl/α,β-unsaturated/α-hetero) is 1. The topological polar surface area (TPSA) is 17.1 Å². The lowest BCUT2D eigenvalue weighted by Crippen LogP contribution is -2.11. The summed E-state index contributed by atoms with van der Waals surface area (Å²) in [6.45, 7) is 5.03. The zero-order chi connectivity index (χ0) is 12.3. The lowest BCUT2D eigenvalue weighted by atomic mass is 9.98. The first-order valence-electron chi connectivity index (χ1n) is 4.70. The van der Waals surface area contributed by atoms with E-state index in [0.29, 0.717) is 0 Å². The van der Waals surface area contributed by atoms with Gasteiger partial charge < -0.3 is 0 Å². The number of allylic oxidation sites excluding steroid dienone is 1. The van der Waals surface area contributed by atoms with E-state index in [2.05, 4.69) is 6.58 Å². The van der Waals surface area contributed by atoms with Crippen LogP contribution in [0, 0.1) is 5.92 Å². The van der Waals surface area contributed by atoms with Gasteiger partial charge >= 0.3 is 6.18 Å². The molecule has 4 heteroatoms. The minimum absolute atomic E-state index is 0.0576. The van der Waals surface area contributed by atoms with Crippen molar-refractivity contribution in [3.8, 4) is 0 Å². The standard InChI is InChI=1S/C12H11F3O/c1-3-8(2)11(16)9-5-4-6-10(7-9)12(13,14)15/h3-8H,1H2,2H3. The van der Waals surface area contributed by atoms with Crippen molar-refractivity contribution in [1.82, 2.24) is 0 Å². The lowest BCUT2D eigenvalue weighted by Gasteiger charge is -2.09. The number of hydrogen-bond donors (Lipinski definition) is 0. The van der Waals surface area contributed by atoms with Crippen LogP contribution in [0.3, 0.4) is 0 Å². The Bertz CT molecular complexity index is 407. The molecule has 1 atom stereocenters. The Morgan fingerprint density at radius 3 is 2.56 bits per heavy atom. The number of rotatable bonds is 3. The average molecular weight is 228 g/mol.